The van der Waals surface area contributed by atoms with Crippen molar-refractivity contribution in [3.8, 4) is 0 Å². The second-order valence-electron chi connectivity index (χ2n) is 9.38. The number of hydrogen-bond acceptors (Lipinski definition) is 3. The lowest BCUT2D eigenvalue weighted by atomic mass is 9.79. The Balaban J connectivity index is 1.35. The van der Waals surface area contributed by atoms with Crippen LogP contribution in [-0.2, 0) is 11.3 Å². The van der Waals surface area contributed by atoms with Crippen LogP contribution in [-0.4, -0.2) is 54.0 Å². The van der Waals surface area contributed by atoms with Crippen LogP contribution in [0, 0.1) is 0 Å². The van der Waals surface area contributed by atoms with Gasteiger partial charge in [-0.05, 0) is 30.9 Å². The smallest absolute Gasteiger partial charge is 0.227 e. The SMILES string of the molecule is CC(C(=O)NCC1(N2CCN(Cc3ccccc3)CC2)CCCCC1)c1ccccc1. The minimum Gasteiger partial charge on any atom is -0.354 e. The van der Waals surface area contributed by atoms with Gasteiger partial charge in [-0.25, -0.2) is 0 Å². The molecule has 2 aromatic carbocycles. The van der Waals surface area contributed by atoms with Gasteiger partial charge in [0.2, 0.25) is 5.91 Å². The zero-order valence-electron chi connectivity index (χ0n) is 18.9. The fourth-order valence-corrected chi connectivity index (χ4v) is 5.33. The molecule has 1 unspecified atom stereocenters. The highest BCUT2D eigenvalue weighted by atomic mass is 16.1. The number of hydrogen-bond donors (Lipinski definition) is 1. The molecule has 166 valence electrons. The molecule has 1 N–H and O–H groups in total. The van der Waals surface area contributed by atoms with Gasteiger partial charge in [-0.3, -0.25) is 14.6 Å². The predicted molar refractivity (Wildman–Crippen MR) is 127 cm³/mol. The fourth-order valence-electron chi connectivity index (χ4n) is 5.33. The van der Waals surface area contributed by atoms with E-state index in [0.29, 0.717) is 0 Å². The summed E-state index contributed by atoms with van der Waals surface area (Å²) < 4.78 is 0. The van der Waals surface area contributed by atoms with E-state index in [0.717, 1.165) is 44.8 Å². The highest BCUT2D eigenvalue weighted by Gasteiger charge is 2.39. The first kappa shape index (κ1) is 22.0. The van der Waals surface area contributed by atoms with Gasteiger partial charge >= 0.3 is 0 Å². The van der Waals surface area contributed by atoms with Crippen molar-refractivity contribution in [2.24, 2.45) is 0 Å². The Morgan fingerprint density at radius 2 is 1.52 bits per heavy atom. The van der Waals surface area contributed by atoms with Crippen LogP contribution in [0.3, 0.4) is 0 Å². The maximum absolute atomic E-state index is 12.9. The van der Waals surface area contributed by atoms with Crippen molar-refractivity contribution in [2.75, 3.05) is 32.7 Å². The molecule has 4 rings (SSSR count). The molecule has 0 radical (unpaired) electrons. The number of nitrogens with zero attached hydrogens (tertiary/aromatic N) is 2. The molecule has 4 heteroatoms. The van der Waals surface area contributed by atoms with E-state index < -0.39 is 0 Å². The topological polar surface area (TPSA) is 35.6 Å². The second kappa shape index (κ2) is 10.4. The van der Waals surface area contributed by atoms with Crippen molar-refractivity contribution in [2.45, 2.75) is 57.0 Å². The van der Waals surface area contributed by atoms with E-state index in [1.54, 1.807) is 0 Å². The highest BCUT2D eigenvalue weighted by molar-refractivity contribution is 5.83. The maximum Gasteiger partial charge on any atom is 0.227 e. The molecule has 0 spiro atoms. The molecule has 31 heavy (non-hydrogen) atoms. The quantitative estimate of drug-likeness (QED) is 0.721. The van der Waals surface area contributed by atoms with E-state index in [4.69, 9.17) is 0 Å². The molecular formula is C27H37N3O. The van der Waals surface area contributed by atoms with Crippen molar-refractivity contribution >= 4 is 5.91 Å². The minimum absolute atomic E-state index is 0.107. The summed E-state index contributed by atoms with van der Waals surface area (Å²) in [6, 6.07) is 20.9. The van der Waals surface area contributed by atoms with Crippen LogP contribution in [0.5, 0.6) is 0 Å². The Bertz CT molecular complexity index is 809. The van der Waals surface area contributed by atoms with Crippen molar-refractivity contribution < 1.29 is 4.79 Å². The van der Waals surface area contributed by atoms with E-state index in [1.807, 2.05) is 37.3 Å². The minimum atomic E-state index is -0.107. The van der Waals surface area contributed by atoms with E-state index in [2.05, 4.69) is 45.4 Å². The number of piperazine rings is 1. The van der Waals surface area contributed by atoms with Crippen molar-refractivity contribution in [3.05, 3.63) is 71.8 Å². The summed E-state index contributed by atoms with van der Waals surface area (Å²) in [6.07, 6.45) is 6.27. The van der Waals surface area contributed by atoms with Crippen molar-refractivity contribution in [3.63, 3.8) is 0 Å². The molecule has 1 saturated carbocycles. The van der Waals surface area contributed by atoms with Crippen LogP contribution in [0.4, 0.5) is 0 Å². The van der Waals surface area contributed by atoms with E-state index in [9.17, 15) is 4.79 Å². The maximum atomic E-state index is 12.9. The molecule has 4 nitrogen and oxygen atoms in total. The van der Waals surface area contributed by atoms with E-state index in [-0.39, 0.29) is 17.4 Å². The zero-order valence-corrected chi connectivity index (χ0v) is 18.9. The number of carbonyl (C=O) groups is 1. The Hall–Kier alpha value is -2.17. The molecule has 0 bridgehead atoms. The zero-order chi connectivity index (χ0) is 21.5. The van der Waals surface area contributed by atoms with Gasteiger partial charge in [-0.2, -0.15) is 0 Å². The van der Waals surface area contributed by atoms with Gasteiger partial charge in [-0.1, -0.05) is 79.9 Å². The summed E-state index contributed by atoms with van der Waals surface area (Å²) in [4.78, 5) is 18.2. The number of benzene rings is 2. The van der Waals surface area contributed by atoms with Crippen LogP contribution in [0.15, 0.2) is 60.7 Å². The first-order chi connectivity index (χ1) is 15.2. The Morgan fingerprint density at radius 1 is 0.903 bits per heavy atom. The summed E-state index contributed by atoms with van der Waals surface area (Å²) in [5, 5.41) is 3.35. The third kappa shape index (κ3) is 5.55. The lowest BCUT2D eigenvalue weighted by molar-refractivity contribution is -0.123. The molecule has 1 amide bonds. The number of amides is 1. The van der Waals surface area contributed by atoms with Crippen LogP contribution in [0.2, 0.25) is 0 Å². The average Bonchev–Trinajstić information content (AvgIpc) is 2.84. The average molecular weight is 420 g/mol. The third-order valence-electron chi connectivity index (χ3n) is 7.36. The number of carbonyl (C=O) groups excluding carboxylic acids is 1. The Labute approximate surface area is 187 Å². The number of nitrogens with one attached hydrogen (secondary N) is 1. The summed E-state index contributed by atoms with van der Waals surface area (Å²) >= 11 is 0. The fraction of sp³-hybridized carbons (Fsp3) is 0.519. The molecule has 2 aromatic rings. The van der Waals surface area contributed by atoms with E-state index >= 15 is 0 Å². The first-order valence-corrected chi connectivity index (χ1v) is 12.0. The van der Waals surface area contributed by atoms with Gasteiger partial charge in [-0.15, -0.1) is 0 Å². The summed E-state index contributed by atoms with van der Waals surface area (Å²) in [5.41, 5.74) is 2.61. The molecule has 0 aromatic heterocycles. The van der Waals surface area contributed by atoms with Gasteiger partial charge in [0.25, 0.3) is 0 Å². The molecule has 1 aliphatic heterocycles. The summed E-state index contributed by atoms with van der Waals surface area (Å²) in [6.45, 7) is 8.22. The van der Waals surface area contributed by atoms with Crippen molar-refractivity contribution in [1.29, 1.82) is 0 Å². The monoisotopic (exact) mass is 419 g/mol. The van der Waals surface area contributed by atoms with Gasteiger partial charge < -0.3 is 5.32 Å². The predicted octanol–water partition coefficient (Wildman–Crippen LogP) is 4.43. The van der Waals surface area contributed by atoms with Crippen molar-refractivity contribution in [1.82, 2.24) is 15.1 Å². The molecular weight excluding hydrogens is 382 g/mol. The third-order valence-corrected chi connectivity index (χ3v) is 7.36. The summed E-state index contributed by atoms with van der Waals surface area (Å²) in [5.74, 6) is 0.0448. The first-order valence-electron chi connectivity index (χ1n) is 12.0. The summed E-state index contributed by atoms with van der Waals surface area (Å²) in [7, 11) is 0. The molecule has 2 fully saturated rings. The van der Waals surface area contributed by atoms with Crippen LogP contribution < -0.4 is 5.32 Å². The van der Waals surface area contributed by atoms with Crippen LogP contribution in [0.1, 0.15) is 56.1 Å². The molecule has 1 atom stereocenters. The second-order valence-corrected chi connectivity index (χ2v) is 9.38. The lowest BCUT2D eigenvalue weighted by Gasteiger charge is -2.50. The highest BCUT2D eigenvalue weighted by Crippen LogP contribution is 2.34. The Morgan fingerprint density at radius 3 is 2.16 bits per heavy atom. The molecule has 1 aliphatic carbocycles. The van der Waals surface area contributed by atoms with E-state index in [1.165, 1.54) is 37.7 Å². The normalized spacial score (nSPS) is 20.8. The lowest BCUT2D eigenvalue weighted by Crippen LogP contribution is -2.62. The van der Waals surface area contributed by atoms with Gasteiger partial charge in [0.05, 0.1) is 5.92 Å². The molecule has 1 heterocycles. The Kier molecular flexibility index (Phi) is 7.41. The van der Waals surface area contributed by atoms with Gasteiger partial charge in [0.1, 0.15) is 0 Å². The number of rotatable bonds is 7. The van der Waals surface area contributed by atoms with Gasteiger partial charge in [0.15, 0.2) is 0 Å². The standard InChI is InChI=1S/C27H37N3O/c1-23(25-13-7-3-8-14-25)26(31)28-22-27(15-9-4-10-16-27)30-19-17-29(18-20-30)21-24-11-5-2-6-12-24/h2-3,5-8,11-14,23H,4,9-10,15-22H2,1H3,(H,28,31). The largest absolute Gasteiger partial charge is 0.354 e. The van der Waals surface area contributed by atoms with Crippen LogP contribution >= 0.6 is 0 Å². The van der Waals surface area contributed by atoms with Gasteiger partial charge in [0, 0.05) is 44.8 Å². The molecule has 1 saturated heterocycles. The molecule has 2 aliphatic rings. The van der Waals surface area contributed by atoms with Crippen LogP contribution in [0.25, 0.3) is 0 Å².